The summed E-state index contributed by atoms with van der Waals surface area (Å²) in [6.07, 6.45) is 40.5. The second-order valence-electron chi connectivity index (χ2n) is 23.0. The summed E-state index contributed by atoms with van der Waals surface area (Å²) in [5.74, 6) is -1.34. The first-order valence-electron chi connectivity index (χ1n) is 33.2. The first-order valence-corrected chi connectivity index (χ1v) is 36.2. The van der Waals surface area contributed by atoms with Gasteiger partial charge < -0.3 is 33.8 Å². The number of unbranched alkanes of at least 4 members (excludes halogenated alkanes) is 34. The van der Waals surface area contributed by atoms with E-state index >= 15 is 0 Å². The zero-order valence-electron chi connectivity index (χ0n) is 52.6. The van der Waals surface area contributed by atoms with E-state index in [1.54, 1.807) is 0 Å². The van der Waals surface area contributed by atoms with Crippen LogP contribution in [0.4, 0.5) is 0 Å². The third kappa shape index (κ3) is 55.9. The van der Waals surface area contributed by atoms with Crippen molar-refractivity contribution in [3.8, 4) is 0 Å². The van der Waals surface area contributed by atoms with Crippen molar-refractivity contribution in [2.24, 2.45) is 5.92 Å². The van der Waals surface area contributed by atoms with Crippen LogP contribution in [0.1, 0.15) is 317 Å². The zero-order valence-corrected chi connectivity index (χ0v) is 54.4. The van der Waals surface area contributed by atoms with Crippen molar-refractivity contribution in [3.63, 3.8) is 0 Å². The lowest BCUT2D eigenvalue weighted by Gasteiger charge is -2.21. The number of phosphoric acid groups is 2. The number of carbonyl (C=O) groups is 4. The average molecular weight is 1210 g/mol. The highest BCUT2D eigenvalue weighted by molar-refractivity contribution is 7.47. The third-order valence-electron chi connectivity index (χ3n) is 14.9. The van der Waals surface area contributed by atoms with Crippen LogP contribution in [0.15, 0.2) is 0 Å². The van der Waals surface area contributed by atoms with Crippen LogP contribution in [0.3, 0.4) is 0 Å². The van der Waals surface area contributed by atoms with Crippen molar-refractivity contribution in [1.82, 2.24) is 0 Å². The molecule has 0 spiro atoms. The summed E-state index contributed by atoms with van der Waals surface area (Å²) in [5.41, 5.74) is 0. The molecule has 6 atom stereocenters. The fourth-order valence-corrected chi connectivity index (χ4v) is 11.0. The standard InChI is InChI=1S/C63H122O17P2/c1-6-10-13-16-18-20-22-23-24-29-32-37-42-47-61(66)74-53-59(80-63(68)49-44-39-34-30-26-25-27-31-36-40-45-56(5)9-4)55-78-82(71,72)76-51-57(64)50-75-81(69,70)77-54-58(52-73-60(65)46-41-35-15-12-8-3)79-62(67)48-43-38-33-28-21-19-17-14-11-7-2/h56-59,64H,6-55H2,1-5H3,(H,69,70)(H,71,72)/t56?,57-,58+,59+/m0/s1. The first kappa shape index (κ1) is 80.1. The molecule has 0 heterocycles. The van der Waals surface area contributed by atoms with E-state index in [2.05, 4.69) is 34.6 Å². The molecule has 0 aliphatic heterocycles. The Morgan fingerprint density at radius 3 is 0.866 bits per heavy atom. The molecule has 0 fully saturated rings. The molecule has 486 valence electrons. The highest BCUT2D eigenvalue weighted by Crippen LogP contribution is 2.45. The molecule has 0 aliphatic rings. The van der Waals surface area contributed by atoms with Crippen molar-refractivity contribution in [2.75, 3.05) is 39.6 Å². The van der Waals surface area contributed by atoms with E-state index in [-0.39, 0.29) is 25.7 Å². The lowest BCUT2D eigenvalue weighted by molar-refractivity contribution is -0.161. The van der Waals surface area contributed by atoms with E-state index < -0.39 is 97.5 Å². The largest absolute Gasteiger partial charge is 0.472 e. The number of hydrogen-bond acceptors (Lipinski definition) is 15. The van der Waals surface area contributed by atoms with Crippen LogP contribution >= 0.6 is 15.6 Å². The number of phosphoric ester groups is 2. The highest BCUT2D eigenvalue weighted by Gasteiger charge is 2.30. The van der Waals surface area contributed by atoms with Gasteiger partial charge >= 0.3 is 39.5 Å². The fraction of sp³-hybridized carbons (Fsp3) is 0.937. The van der Waals surface area contributed by atoms with Gasteiger partial charge in [0.25, 0.3) is 0 Å². The maximum Gasteiger partial charge on any atom is 0.472 e. The molecule has 82 heavy (non-hydrogen) atoms. The van der Waals surface area contributed by atoms with Gasteiger partial charge in [-0.15, -0.1) is 0 Å². The van der Waals surface area contributed by atoms with Gasteiger partial charge in [-0.2, -0.15) is 0 Å². The predicted octanol–water partition coefficient (Wildman–Crippen LogP) is 17.4. The van der Waals surface area contributed by atoms with Crippen molar-refractivity contribution in [3.05, 3.63) is 0 Å². The number of esters is 4. The van der Waals surface area contributed by atoms with E-state index in [4.69, 9.17) is 37.0 Å². The monoisotopic (exact) mass is 1210 g/mol. The second kappa shape index (κ2) is 56.8. The Kier molecular flexibility index (Phi) is 55.5. The van der Waals surface area contributed by atoms with Crippen molar-refractivity contribution >= 4 is 39.5 Å². The normalized spacial score (nSPS) is 14.6. The maximum absolute atomic E-state index is 13.0. The summed E-state index contributed by atoms with van der Waals surface area (Å²) in [6, 6.07) is 0. The number of rotatable bonds is 63. The summed E-state index contributed by atoms with van der Waals surface area (Å²) >= 11 is 0. The van der Waals surface area contributed by atoms with Crippen molar-refractivity contribution in [2.45, 2.75) is 335 Å². The van der Waals surface area contributed by atoms with E-state index in [9.17, 15) is 43.2 Å². The molecule has 0 rings (SSSR count). The third-order valence-corrected chi connectivity index (χ3v) is 16.8. The topological polar surface area (TPSA) is 237 Å². The van der Waals surface area contributed by atoms with Gasteiger partial charge in [-0.25, -0.2) is 9.13 Å². The molecule has 0 radical (unpaired) electrons. The van der Waals surface area contributed by atoms with Crippen LogP contribution in [-0.2, 0) is 65.4 Å². The second-order valence-corrected chi connectivity index (χ2v) is 25.9. The molecule has 0 bridgehead atoms. The summed E-state index contributed by atoms with van der Waals surface area (Å²) in [7, 11) is -9.87. The maximum atomic E-state index is 13.0. The molecule has 17 nitrogen and oxygen atoms in total. The van der Waals surface area contributed by atoms with E-state index in [1.807, 2.05) is 0 Å². The van der Waals surface area contributed by atoms with Crippen LogP contribution in [0.5, 0.6) is 0 Å². The Morgan fingerprint density at radius 1 is 0.341 bits per heavy atom. The van der Waals surface area contributed by atoms with Gasteiger partial charge in [0, 0.05) is 25.7 Å². The highest BCUT2D eigenvalue weighted by atomic mass is 31.2. The van der Waals surface area contributed by atoms with Crippen LogP contribution in [0, 0.1) is 5.92 Å². The lowest BCUT2D eigenvalue weighted by atomic mass is 9.99. The van der Waals surface area contributed by atoms with Gasteiger partial charge in [-0.3, -0.25) is 37.3 Å². The van der Waals surface area contributed by atoms with E-state index in [0.29, 0.717) is 25.7 Å². The van der Waals surface area contributed by atoms with Crippen molar-refractivity contribution in [1.29, 1.82) is 0 Å². The molecule has 19 heteroatoms. The summed E-state index contributed by atoms with van der Waals surface area (Å²) in [5, 5.41) is 10.5. The van der Waals surface area contributed by atoms with E-state index in [1.165, 1.54) is 135 Å². The van der Waals surface area contributed by atoms with Crippen LogP contribution in [-0.4, -0.2) is 96.7 Å². The Balaban J connectivity index is 5.18. The molecule has 0 saturated carbocycles. The van der Waals surface area contributed by atoms with Gasteiger partial charge in [0.1, 0.15) is 19.3 Å². The summed E-state index contributed by atoms with van der Waals surface area (Å²) < 4.78 is 67.8. The zero-order chi connectivity index (χ0) is 60.6. The Morgan fingerprint density at radius 2 is 0.585 bits per heavy atom. The van der Waals surface area contributed by atoms with Crippen LogP contribution < -0.4 is 0 Å². The molecule has 3 N–H and O–H groups in total. The summed E-state index contributed by atoms with van der Waals surface area (Å²) in [6.45, 7) is 7.12. The molecule has 0 aromatic heterocycles. The minimum absolute atomic E-state index is 0.105. The van der Waals surface area contributed by atoms with Gasteiger partial charge in [0.05, 0.1) is 26.4 Å². The number of carbonyl (C=O) groups excluding carboxylic acids is 4. The molecule has 0 aromatic carbocycles. The first-order chi connectivity index (χ1) is 39.6. The Bertz CT molecular complexity index is 1600. The van der Waals surface area contributed by atoms with Crippen LogP contribution in [0.25, 0.3) is 0 Å². The SMILES string of the molecule is CCCCCCCCCCCCCCCC(=O)OC[C@H](COP(=O)(O)OC[C@@H](O)COP(=O)(O)OC[C@@H](COC(=O)CCCCCCC)OC(=O)CCCCCCCCCCCC)OC(=O)CCCCCCCCCCCCC(C)CC. The number of ether oxygens (including phenoxy) is 4. The minimum atomic E-state index is -4.94. The summed E-state index contributed by atoms with van der Waals surface area (Å²) in [4.78, 5) is 71.9. The fourth-order valence-electron chi connectivity index (χ4n) is 9.37. The Labute approximate surface area is 498 Å². The smallest absolute Gasteiger partial charge is 0.462 e. The molecule has 3 unspecified atom stereocenters. The van der Waals surface area contributed by atoms with Gasteiger partial charge in [-0.05, 0) is 31.6 Å². The number of aliphatic hydroxyl groups is 1. The molecule has 0 aromatic rings. The minimum Gasteiger partial charge on any atom is -0.462 e. The number of aliphatic hydroxyl groups excluding tert-OH is 1. The molecule has 0 saturated heterocycles. The van der Waals surface area contributed by atoms with Gasteiger partial charge in [0.15, 0.2) is 12.2 Å². The van der Waals surface area contributed by atoms with Crippen LogP contribution in [0.2, 0.25) is 0 Å². The van der Waals surface area contributed by atoms with Gasteiger partial charge in [-0.1, -0.05) is 266 Å². The molecular weight excluding hydrogens is 1090 g/mol. The average Bonchev–Trinajstić information content (AvgIpc) is 3.48. The van der Waals surface area contributed by atoms with Gasteiger partial charge in [0.2, 0.25) is 0 Å². The number of hydrogen-bond donors (Lipinski definition) is 3. The predicted molar refractivity (Wildman–Crippen MR) is 326 cm³/mol. The van der Waals surface area contributed by atoms with Crippen molar-refractivity contribution < 1.29 is 80.2 Å². The quantitative estimate of drug-likeness (QED) is 0.0222. The molecule has 0 amide bonds. The lowest BCUT2D eigenvalue weighted by Crippen LogP contribution is -2.30. The van der Waals surface area contributed by atoms with E-state index in [0.717, 1.165) is 102 Å². The molecular formula is C63H122O17P2. The molecule has 0 aliphatic carbocycles. The Hall–Kier alpha value is -1.94.